The maximum atomic E-state index is 8.44. The van der Waals surface area contributed by atoms with E-state index in [9.17, 15) is 0 Å². The van der Waals surface area contributed by atoms with Crippen molar-refractivity contribution >= 4 is 0 Å². The second-order valence-corrected chi connectivity index (χ2v) is 4.86. The van der Waals surface area contributed by atoms with Crippen molar-refractivity contribution in [1.29, 1.82) is 5.26 Å². The average molecular weight is 154 g/mol. The number of nitrogens with one attached hydrogen (secondary N) is 1. The third kappa shape index (κ3) is 5.72. The SMILES string of the molecule is CC(C)(C)CC(C)(C)NC#N. The zero-order chi connectivity index (χ0) is 9.12. The van der Waals surface area contributed by atoms with Crippen LogP contribution in [0.3, 0.4) is 0 Å². The molecule has 0 saturated heterocycles. The van der Waals surface area contributed by atoms with E-state index in [2.05, 4.69) is 26.1 Å². The number of nitrogens with zero attached hydrogens (tertiary/aromatic N) is 1. The predicted octanol–water partition coefficient (Wildman–Crippen LogP) is 2.27. The van der Waals surface area contributed by atoms with Crippen molar-refractivity contribution in [3.63, 3.8) is 0 Å². The summed E-state index contributed by atoms with van der Waals surface area (Å²) < 4.78 is 0. The minimum absolute atomic E-state index is 0.0764. The maximum absolute atomic E-state index is 8.44. The van der Waals surface area contributed by atoms with E-state index in [0.29, 0.717) is 0 Å². The van der Waals surface area contributed by atoms with E-state index in [-0.39, 0.29) is 11.0 Å². The van der Waals surface area contributed by atoms with Gasteiger partial charge in [-0.15, -0.1) is 0 Å². The van der Waals surface area contributed by atoms with Crippen LogP contribution >= 0.6 is 0 Å². The van der Waals surface area contributed by atoms with Gasteiger partial charge in [0.1, 0.15) is 0 Å². The third-order valence-electron chi connectivity index (χ3n) is 1.37. The largest absolute Gasteiger partial charge is 0.318 e. The first kappa shape index (κ1) is 10.3. The molecule has 0 bridgehead atoms. The summed E-state index contributed by atoms with van der Waals surface area (Å²) in [5.41, 5.74) is 0.195. The Morgan fingerprint density at radius 3 is 1.91 bits per heavy atom. The molecule has 0 fully saturated rings. The Labute approximate surface area is 69.6 Å². The summed E-state index contributed by atoms with van der Waals surface area (Å²) in [6.45, 7) is 10.6. The molecule has 0 aliphatic carbocycles. The van der Waals surface area contributed by atoms with Crippen LogP contribution in [0.25, 0.3) is 0 Å². The van der Waals surface area contributed by atoms with Gasteiger partial charge in [-0.2, -0.15) is 5.26 Å². The number of rotatable bonds is 2. The molecule has 2 nitrogen and oxygen atoms in total. The second-order valence-electron chi connectivity index (χ2n) is 4.86. The highest BCUT2D eigenvalue weighted by atomic mass is 14.9. The molecule has 0 atom stereocenters. The van der Waals surface area contributed by atoms with Gasteiger partial charge in [-0.3, -0.25) is 0 Å². The van der Waals surface area contributed by atoms with Crippen LogP contribution in [0, 0.1) is 16.9 Å². The molecule has 1 N–H and O–H groups in total. The molecule has 0 heterocycles. The van der Waals surface area contributed by atoms with Crippen molar-refractivity contribution in [3.05, 3.63) is 0 Å². The smallest absolute Gasteiger partial charge is 0.177 e. The zero-order valence-electron chi connectivity index (χ0n) is 8.15. The topological polar surface area (TPSA) is 35.8 Å². The highest BCUT2D eigenvalue weighted by molar-refractivity contribution is 4.88. The van der Waals surface area contributed by atoms with Crippen LogP contribution in [0.5, 0.6) is 0 Å². The van der Waals surface area contributed by atoms with Gasteiger partial charge in [-0.1, -0.05) is 20.8 Å². The van der Waals surface area contributed by atoms with E-state index in [4.69, 9.17) is 5.26 Å². The quantitative estimate of drug-likeness (QED) is 0.489. The number of nitriles is 1. The van der Waals surface area contributed by atoms with Crippen LogP contribution in [0.1, 0.15) is 41.0 Å². The Morgan fingerprint density at radius 2 is 1.64 bits per heavy atom. The summed E-state index contributed by atoms with van der Waals surface area (Å²) in [6, 6.07) is 0. The molecule has 0 unspecified atom stereocenters. The molecule has 0 radical (unpaired) electrons. The Morgan fingerprint density at radius 1 is 1.18 bits per heavy atom. The van der Waals surface area contributed by atoms with Gasteiger partial charge < -0.3 is 5.32 Å². The molecule has 2 heteroatoms. The van der Waals surface area contributed by atoms with E-state index in [1.807, 2.05) is 20.0 Å². The predicted molar refractivity (Wildman–Crippen MR) is 46.9 cm³/mol. The lowest BCUT2D eigenvalue weighted by Gasteiger charge is -2.31. The van der Waals surface area contributed by atoms with Crippen molar-refractivity contribution in [2.75, 3.05) is 0 Å². The average Bonchev–Trinajstić information content (AvgIpc) is 1.55. The van der Waals surface area contributed by atoms with Crippen LogP contribution in [-0.4, -0.2) is 5.54 Å². The molecule has 0 rings (SSSR count). The summed E-state index contributed by atoms with van der Waals surface area (Å²) in [5.74, 6) is 0. The van der Waals surface area contributed by atoms with Crippen LogP contribution in [0.2, 0.25) is 0 Å². The van der Waals surface area contributed by atoms with Crippen LogP contribution < -0.4 is 5.32 Å². The first-order chi connectivity index (χ1) is 4.77. The molecule has 0 spiro atoms. The standard InChI is InChI=1S/C9H18N2/c1-8(2,3)6-9(4,5)11-7-10/h11H,6H2,1-5H3. The van der Waals surface area contributed by atoms with E-state index >= 15 is 0 Å². The molecule has 0 aliphatic heterocycles. The highest BCUT2D eigenvalue weighted by Gasteiger charge is 2.24. The van der Waals surface area contributed by atoms with Crippen molar-refractivity contribution in [2.24, 2.45) is 5.41 Å². The lowest BCUT2D eigenvalue weighted by molar-refractivity contribution is 0.263. The molecule has 11 heavy (non-hydrogen) atoms. The second kappa shape index (κ2) is 3.13. The minimum atomic E-state index is -0.0764. The van der Waals surface area contributed by atoms with Crippen LogP contribution in [0.15, 0.2) is 0 Å². The van der Waals surface area contributed by atoms with E-state index in [1.54, 1.807) is 0 Å². The van der Waals surface area contributed by atoms with Gasteiger partial charge in [0.15, 0.2) is 6.19 Å². The Balaban J connectivity index is 4.04. The normalized spacial score (nSPS) is 12.4. The van der Waals surface area contributed by atoms with Gasteiger partial charge in [-0.05, 0) is 25.7 Å². The summed E-state index contributed by atoms with van der Waals surface area (Å²) in [7, 11) is 0. The van der Waals surface area contributed by atoms with E-state index < -0.39 is 0 Å². The van der Waals surface area contributed by atoms with Gasteiger partial charge in [0.2, 0.25) is 0 Å². The van der Waals surface area contributed by atoms with Gasteiger partial charge in [-0.25, -0.2) is 0 Å². The van der Waals surface area contributed by atoms with E-state index in [0.717, 1.165) is 6.42 Å². The maximum Gasteiger partial charge on any atom is 0.177 e. The van der Waals surface area contributed by atoms with E-state index in [1.165, 1.54) is 0 Å². The summed E-state index contributed by atoms with van der Waals surface area (Å²) in [6.07, 6.45) is 2.97. The lowest BCUT2D eigenvalue weighted by atomic mass is 9.82. The van der Waals surface area contributed by atoms with Gasteiger partial charge in [0.05, 0.1) is 0 Å². The first-order valence-electron chi connectivity index (χ1n) is 3.93. The Hall–Kier alpha value is -0.710. The monoisotopic (exact) mass is 154 g/mol. The molecule has 0 aromatic rings. The summed E-state index contributed by atoms with van der Waals surface area (Å²) in [4.78, 5) is 0. The Bertz CT molecular complexity index is 157. The number of hydrogen-bond acceptors (Lipinski definition) is 2. The minimum Gasteiger partial charge on any atom is -0.318 e. The zero-order valence-corrected chi connectivity index (χ0v) is 8.15. The molecule has 0 aromatic heterocycles. The summed E-state index contributed by atoms with van der Waals surface area (Å²) in [5, 5.41) is 11.2. The van der Waals surface area contributed by atoms with Crippen molar-refractivity contribution in [3.8, 4) is 6.19 Å². The molecule has 64 valence electrons. The third-order valence-corrected chi connectivity index (χ3v) is 1.37. The Kier molecular flexibility index (Phi) is 2.92. The van der Waals surface area contributed by atoms with Gasteiger partial charge in [0.25, 0.3) is 0 Å². The molecular weight excluding hydrogens is 136 g/mol. The highest BCUT2D eigenvalue weighted by Crippen LogP contribution is 2.26. The van der Waals surface area contributed by atoms with Crippen LogP contribution in [-0.2, 0) is 0 Å². The van der Waals surface area contributed by atoms with Crippen molar-refractivity contribution < 1.29 is 0 Å². The molecule has 0 aliphatic rings. The van der Waals surface area contributed by atoms with Gasteiger partial charge in [0, 0.05) is 5.54 Å². The molecular formula is C9H18N2. The van der Waals surface area contributed by atoms with Crippen molar-refractivity contribution in [1.82, 2.24) is 5.32 Å². The van der Waals surface area contributed by atoms with Crippen molar-refractivity contribution in [2.45, 2.75) is 46.6 Å². The molecule has 0 saturated carbocycles. The fourth-order valence-corrected chi connectivity index (χ4v) is 1.52. The lowest BCUT2D eigenvalue weighted by Crippen LogP contribution is -2.39. The summed E-state index contributed by atoms with van der Waals surface area (Å²) >= 11 is 0. The molecule has 0 amide bonds. The fraction of sp³-hybridized carbons (Fsp3) is 0.889. The first-order valence-corrected chi connectivity index (χ1v) is 3.93. The van der Waals surface area contributed by atoms with Crippen LogP contribution in [0.4, 0.5) is 0 Å². The molecule has 0 aromatic carbocycles. The number of hydrogen-bond donors (Lipinski definition) is 1. The van der Waals surface area contributed by atoms with Gasteiger partial charge >= 0.3 is 0 Å². The fourth-order valence-electron chi connectivity index (χ4n) is 1.52.